The smallest absolute Gasteiger partial charge is 0.221 e. The van der Waals surface area contributed by atoms with E-state index in [-0.39, 0.29) is 29.8 Å². The molecule has 1 aromatic carbocycles. The van der Waals surface area contributed by atoms with Crippen LogP contribution in [0.25, 0.3) is 0 Å². The highest BCUT2D eigenvalue weighted by Crippen LogP contribution is 2.41. The first-order valence-electron chi connectivity index (χ1n) is 7.08. The Morgan fingerprint density at radius 3 is 2.75 bits per heavy atom. The molecule has 1 atom stereocenters. The maximum atomic E-state index is 11.9. The molecule has 0 radical (unpaired) electrons. The lowest BCUT2D eigenvalue weighted by Gasteiger charge is -2.37. The molecule has 1 unspecified atom stereocenters. The summed E-state index contributed by atoms with van der Waals surface area (Å²) in [7, 11) is 1.87. The molecule has 1 aliphatic rings. The van der Waals surface area contributed by atoms with E-state index in [2.05, 4.69) is 48.7 Å². The molecule has 0 aliphatic heterocycles. The van der Waals surface area contributed by atoms with Gasteiger partial charge in [0.05, 0.1) is 6.04 Å². The second-order valence-electron chi connectivity index (χ2n) is 5.98. The van der Waals surface area contributed by atoms with Gasteiger partial charge in [-0.2, -0.15) is 0 Å². The van der Waals surface area contributed by atoms with Crippen molar-refractivity contribution in [2.24, 2.45) is 0 Å². The van der Waals surface area contributed by atoms with Crippen LogP contribution in [0.2, 0.25) is 0 Å². The van der Waals surface area contributed by atoms with E-state index in [0.717, 1.165) is 19.4 Å². The molecule has 1 amide bonds. The van der Waals surface area contributed by atoms with Gasteiger partial charge in [-0.1, -0.05) is 38.1 Å². The Balaban J connectivity index is 0.00000200. The molecule has 0 spiro atoms. The van der Waals surface area contributed by atoms with Crippen LogP contribution < -0.4 is 10.6 Å². The number of fused-ring (bicyclic) bond motifs is 1. The Hall–Kier alpha value is -1.06. The van der Waals surface area contributed by atoms with Crippen LogP contribution in [0.5, 0.6) is 0 Å². The largest absolute Gasteiger partial charge is 0.349 e. The molecule has 20 heavy (non-hydrogen) atoms. The van der Waals surface area contributed by atoms with E-state index < -0.39 is 0 Å². The quantitative estimate of drug-likeness (QED) is 0.897. The highest BCUT2D eigenvalue weighted by Gasteiger charge is 2.32. The number of amides is 1. The van der Waals surface area contributed by atoms with Crippen LogP contribution in [-0.4, -0.2) is 19.5 Å². The third kappa shape index (κ3) is 3.74. The lowest BCUT2D eigenvalue weighted by atomic mass is 9.71. The molecule has 0 fully saturated rings. The number of nitrogens with one attached hydrogen (secondary N) is 2. The zero-order chi connectivity index (χ0) is 13.9. The molecule has 0 aromatic heterocycles. The lowest BCUT2D eigenvalue weighted by molar-refractivity contribution is -0.121. The van der Waals surface area contributed by atoms with Crippen LogP contribution in [0.15, 0.2) is 24.3 Å². The highest BCUT2D eigenvalue weighted by atomic mass is 35.5. The lowest BCUT2D eigenvalue weighted by Crippen LogP contribution is -2.36. The fraction of sp³-hybridized carbons (Fsp3) is 0.562. The van der Waals surface area contributed by atoms with Gasteiger partial charge in [-0.15, -0.1) is 12.4 Å². The summed E-state index contributed by atoms with van der Waals surface area (Å²) in [6.07, 6.45) is 2.68. The van der Waals surface area contributed by atoms with Gasteiger partial charge < -0.3 is 10.6 Å². The Labute approximate surface area is 127 Å². The van der Waals surface area contributed by atoms with Crippen LogP contribution in [0.4, 0.5) is 0 Å². The number of rotatable bonds is 4. The van der Waals surface area contributed by atoms with Crippen LogP contribution >= 0.6 is 12.4 Å². The average molecular weight is 297 g/mol. The van der Waals surface area contributed by atoms with E-state index in [4.69, 9.17) is 0 Å². The van der Waals surface area contributed by atoms with Gasteiger partial charge in [0.25, 0.3) is 0 Å². The first-order valence-corrected chi connectivity index (χ1v) is 7.08. The Kier molecular flexibility index (Phi) is 6.03. The average Bonchev–Trinajstić information content (AvgIpc) is 2.40. The van der Waals surface area contributed by atoms with E-state index in [1.807, 2.05) is 7.05 Å². The van der Waals surface area contributed by atoms with Crippen LogP contribution in [0.3, 0.4) is 0 Å². The summed E-state index contributed by atoms with van der Waals surface area (Å²) in [5, 5.41) is 6.18. The summed E-state index contributed by atoms with van der Waals surface area (Å²) < 4.78 is 0. The van der Waals surface area contributed by atoms with Crippen LogP contribution in [-0.2, 0) is 10.2 Å². The fourth-order valence-electron chi connectivity index (χ4n) is 2.87. The molecule has 0 saturated heterocycles. The molecule has 4 heteroatoms. The fourth-order valence-corrected chi connectivity index (χ4v) is 2.87. The predicted molar refractivity (Wildman–Crippen MR) is 85.4 cm³/mol. The number of carbonyl (C=O) groups is 1. The summed E-state index contributed by atoms with van der Waals surface area (Å²) in [4.78, 5) is 11.9. The number of halogens is 1. The minimum Gasteiger partial charge on any atom is -0.349 e. The standard InChI is InChI=1S/C16H24N2O.ClH/c1-16(2)10-8-14(18-15(19)9-11-17-3)12-6-4-5-7-13(12)16;/h4-7,14,17H,8-11H2,1-3H3,(H,18,19);1H. The molecule has 1 aromatic rings. The van der Waals surface area contributed by atoms with Crippen molar-refractivity contribution in [3.05, 3.63) is 35.4 Å². The molecular formula is C16H25ClN2O. The van der Waals surface area contributed by atoms with E-state index in [1.54, 1.807) is 0 Å². The van der Waals surface area contributed by atoms with Crippen molar-refractivity contribution in [3.63, 3.8) is 0 Å². The predicted octanol–water partition coefficient (Wildman–Crippen LogP) is 2.95. The van der Waals surface area contributed by atoms with Gasteiger partial charge in [-0.05, 0) is 36.4 Å². The first kappa shape index (κ1) is 17.0. The molecule has 0 saturated carbocycles. The minimum atomic E-state index is 0. The van der Waals surface area contributed by atoms with Crippen molar-refractivity contribution in [2.45, 2.75) is 44.6 Å². The molecule has 2 N–H and O–H groups in total. The normalized spacial score (nSPS) is 19.6. The summed E-state index contributed by atoms with van der Waals surface area (Å²) in [6.45, 7) is 5.29. The Bertz CT molecular complexity index is 460. The van der Waals surface area contributed by atoms with Crippen molar-refractivity contribution < 1.29 is 4.79 Å². The molecule has 0 heterocycles. The molecular weight excluding hydrogens is 272 g/mol. The Morgan fingerprint density at radius 1 is 1.35 bits per heavy atom. The highest BCUT2D eigenvalue weighted by molar-refractivity contribution is 5.85. The number of hydrogen-bond donors (Lipinski definition) is 2. The maximum absolute atomic E-state index is 11.9. The summed E-state index contributed by atoms with van der Waals surface area (Å²) in [5.74, 6) is 0.133. The molecule has 0 bridgehead atoms. The topological polar surface area (TPSA) is 41.1 Å². The first-order chi connectivity index (χ1) is 9.04. The molecule has 1 aliphatic carbocycles. The number of hydrogen-bond acceptors (Lipinski definition) is 2. The van der Waals surface area contributed by atoms with E-state index in [1.165, 1.54) is 11.1 Å². The zero-order valence-corrected chi connectivity index (χ0v) is 13.3. The Morgan fingerprint density at radius 2 is 2.05 bits per heavy atom. The summed E-state index contributed by atoms with van der Waals surface area (Å²) in [5.41, 5.74) is 2.87. The third-order valence-corrected chi connectivity index (χ3v) is 4.06. The third-order valence-electron chi connectivity index (χ3n) is 4.06. The van der Waals surface area contributed by atoms with Gasteiger partial charge in [-0.3, -0.25) is 4.79 Å². The maximum Gasteiger partial charge on any atom is 0.221 e. The van der Waals surface area contributed by atoms with Gasteiger partial charge >= 0.3 is 0 Å². The summed E-state index contributed by atoms with van der Waals surface area (Å²) >= 11 is 0. The van der Waals surface area contributed by atoms with Crippen LogP contribution in [0, 0.1) is 0 Å². The minimum absolute atomic E-state index is 0. The second-order valence-corrected chi connectivity index (χ2v) is 5.98. The van der Waals surface area contributed by atoms with E-state index in [9.17, 15) is 4.79 Å². The zero-order valence-electron chi connectivity index (χ0n) is 12.5. The molecule has 112 valence electrons. The van der Waals surface area contributed by atoms with Gasteiger partial charge in [0, 0.05) is 13.0 Å². The van der Waals surface area contributed by atoms with E-state index >= 15 is 0 Å². The van der Waals surface area contributed by atoms with Crippen molar-refractivity contribution >= 4 is 18.3 Å². The van der Waals surface area contributed by atoms with Crippen LogP contribution in [0.1, 0.15) is 50.3 Å². The van der Waals surface area contributed by atoms with Gasteiger partial charge in [0.2, 0.25) is 5.91 Å². The second kappa shape index (κ2) is 7.09. The van der Waals surface area contributed by atoms with Gasteiger partial charge in [0.1, 0.15) is 0 Å². The van der Waals surface area contributed by atoms with Crippen molar-refractivity contribution in [1.82, 2.24) is 10.6 Å². The van der Waals surface area contributed by atoms with E-state index in [0.29, 0.717) is 6.42 Å². The number of carbonyl (C=O) groups excluding carboxylic acids is 1. The monoisotopic (exact) mass is 296 g/mol. The van der Waals surface area contributed by atoms with Crippen molar-refractivity contribution in [2.75, 3.05) is 13.6 Å². The molecule has 3 nitrogen and oxygen atoms in total. The molecule has 2 rings (SSSR count). The summed E-state index contributed by atoms with van der Waals surface area (Å²) in [6, 6.07) is 8.67. The van der Waals surface area contributed by atoms with Crippen molar-refractivity contribution in [1.29, 1.82) is 0 Å². The SMILES string of the molecule is CNCCC(=O)NC1CCC(C)(C)c2ccccc21.Cl. The number of benzene rings is 1. The van der Waals surface area contributed by atoms with Crippen molar-refractivity contribution in [3.8, 4) is 0 Å². The van der Waals surface area contributed by atoms with Gasteiger partial charge in [-0.25, -0.2) is 0 Å². The van der Waals surface area contributed by atoms with Gasteiger partial charge in [0.15, 0.2) is 0 Å².